The Morgan fingerprint density at radius 1 is 1.22 bits per heavy atom. The minimum Gasteiger partial charge on any atom is -0.466 e. The molecule has 0 aromatic heterocycles. The van der Waals surface area contributed by atoms with E-state index < -0.39 is 47.6 Å². The van der Waals surface area contributed by atoms with Crippen LogP contribution in [-0.2, 0) is 25.3 Å². The van der Waals surface area contributed by atoms with Crippen molar-refractivity contribution in [1.29, 1.82) is 0 Å². The average Bonchev–Trinajstić information content (AvgIpc) is 2.59. The Hall–Kier alpha value is -2.62. The van der Waals surface area contributed by atoms with Gasteiger partial charge in [0.25, 0.3) is 5.91 Å². The number of esters is 1. The van der Waals surface area contributed by atoms with Crippen LogP contribution in [0.15, 0.2) is 24.3 Å². The van der Waals surface area contributed by atoms with Crippen molar-refractivity contribution >= 4 is 17.8 Å². The van der Waals surface area contributed by atoms with Crippen LogP contribution in [0.2, 0.25) is 0 Å². The number of ether oxygens (including phenoxy) is 1. The van der Waals surface area contributed by atoms with Crippen LogP contribution in [0.1, 0.15) is 37.5 Å². The fraction of sp³-hybridized carbons (Fsp3) is 0.471. The van der Waals surface area contributed by atoms with Crippen LogP contribution >= 0.6 is 0 Å². The first-order valence-electron chi connectivity index (χ1n) is 8.08. The number of aliphatic hydroxyl groups excluding tert-OH is 1. The maximum absolute atomic E-state index is 12.6. The molecule has 1 aromatic carbocycles. The molecule has 0 aliphatic rings. The van der Waals surface area contributed by atoms with Crippen LogP contribution in [0, 0.1) is 5.92 Å². The van der Waals surface area contributed by atoms with Crippen LogP contribution < -0.4 is 11.1 Å². The number of carbonyl (C=O) groups is 3. The summed E-state index contributed by atoms with van der Waals surface area (Å²) >= 11 is 0. The smallest absolute Gasteiger partial charge is 0.416 e. The zero-order valence-corrected chi connectivity index (χ0v) is 14.7. The number of halogens is 3. The van der Waals surface area contributed by atoms with E-state index >= 15 is 0 Å². The second kappa shape index (κ2) is 9.36. The van der Waals surface area contributed by atoms with Gasteiger partial charge < -0.3 is 20.9 Å². The number of rotatable bonds is 8. The number of hydrogen-bond donors (Lipinski definition) is 3. The lowest BCUT2D eigenvalue weighted by Gasteiger charge is -2.20. The molecule has 0 heterocycles. The molecule has 0 aliphatic carbocycles. The third-order valence-corrected chi connectivity index (χ3v) is 3.74. The predicted molar refractivity (Wildman–Crippen MR) is 87.9 cm³/mol. The third-order valence-electron chi connectivity index (χ3n) is 3.74. The van der Waals surface area contributed by atoms with Gasteiger partial charge >= 0.3 is 12.1 Å². The summed E-state index contributed by atoms with van der Waals surface area (Å²) in [5.41, 5.74) is 4.17. The van der Waals surface area contributed by atoms with Gasteiger partial charge in [-0.1, -0.05) is 19.1 Å². The van der Waals surface area contributed by atoms with E-state index in [2.05, 4.69) is 5.32 Å². The molecule has 3 atom stereocenters. The molecule has 0 saturated carbocycles. The Morgan fingerprint density at radius 3 is 2.22 bits per heavy atom. The fourth-order valence-electron chi connectivity index (χ4n) is 2.24. The number of amides is 2. The van der Waals surface area contributed by atoms with Crippen molar-refractivity contribution in [3.8, 4) is 0 Å². The normalized spacial score (nSPS) is 14.7. The van der Waals surface area contributed by atoms with Crippen molar-refractivity contribution in [2.45, 2.75) is 38.6 Å². The predicted octanol–water partition coefficient (Wildman–Crippen LogP) is 1.30. The van der Waals surface area contributed by atoms with Gasteiger partial charge in [0.2, 0.25) is 5.91 Å². The van der Waals surface area contributed by atoms with Crippen molar-refractivity contribution in [3.05, 3.63) is 35.4 Å². The van der Waals surface area contributed by atoms with Crippen molar-refractivity contribution in [2.24, 2.45) is 11.7 Å². The van der Waals surface area contributed by atoms with Gasteiger partial charge in [0.15, 0.2) is 6.10 Å². The molecule has 0 saturated heterocycles. The minimum absolute atomic E-state index is 0.0952. The van der Waals surface area contributed by atoms with Crippen molar-refractivity contribution in [3.63, 3.8) is 0 Å². The number of carbonyl (C=O) groups excluding carboxylic acids is 3. The highest BCUT2D eigenvalue weighted by atomic mass is 19.4. The Bertz CT molecular complexity index is 676. The molecule has 0 aliphatic heterocycles. The number of aliphatic hydroxyl groups is 1. The van der Waals surface area contributed by atoms with Gasteiger partial charge in [0, 0.05) is 0 Å². The summed E-state index contributed by atoms with van der Waals surface area (Å²) in [7, 11) is 0. The van der Waals surface area contributed by atoms with Gasteiger partial charge in [-0.2, -0.15) is 13.2 Å². The van der Waals surface area contributed by atoms with Crippen molar-refractivity contribution < 1.29 is 37.4 Å². The van der Waals surface area contributed by atoms with Crippen molar-refractivity contribution in [2.75, 3.05) is 6.61 Å². The number of hydrogen-bond acceptors (Lipinski definition) is 5. The van der Waals surface area contributed by atoms with E-state index in [0.717, 1.165) is 24.3 Å². The number of primary amides is 1. The highest BCUT2D eigenvalue weighted by Gasteiger charge is 2.31. The second-order valence-corrected chi connectivity index (χ2v) is 5.87. The third kappa shape index (κ3) is 6.55. The molecule has 27 heavy (non-hydrogen) atoms. The number of benzene rings is 1. The van der Waals surface area contributed by atoms with E-state index in [1.54, 1.807) is 6.92 Å². The lowest BCUT2D eigenvalue weighted by Crippen LogP contribution is -2.47. The molecule has 10 heteroatoms. The summed E-state index contributed by atoms with van der Waals surface area (Å²) in [5.74, 6) is -3.29. The van der Waals surface area contributed by atoms with Gasteiger partial charge in [-0.05, 0) is 31.0 Å². The maximum atomic E-state index is 12.6. The van der Waals surface area contributed by atoms with Crippen LogP contribution in [0.5, 0.6) is 0 Å². The number of alkyl halides is 3. The summed E-state index contributed by atoms with van der Waals surface area (Å²) < 4.78 is 42.5. The molecule has 1 rings (SSSR count). The van der Waals surface area contributed by atoms with Crippen LogP contribution in [-0.4, -0.2) is 35.5 Å². The standard InChI is InChI=1S/C17H21F3N2O5/c1-3-27-16(26)9(2)8-12(14(21)24)22-15(25)13(23)10-4-6-11(7-5-10)17(18,19)20/h4-7,9,12-13,23H,3,8H2,1-2H3,(H2,21,24)(H,22,25)/t9-,12-,13+/m1/s1. The van der Waals surface area contributed by atoms with Crippen LogP contribution in [0.3, 0.4) is 0 Å². The van der Waals surface area contributed by atoms with Gasteiger partial charge in [0.05, 0.1) is 18.1 Å². The molecule has 7 nitrogen and oxygen atoms in total. The highest BCUT2D eigenvalue weighted by molar-refractivity contribution is 5.89. The molecule has 0 spiro atoms. The zero-order valence-electron chi connectivity index (χ0n) is 14.7. The van der Waals surface area contributed by atoms with E-state index in [1.165, 1.54) is 6.92 Å². The van der Waals surface area contributed by atoms with Gasteiger partial charge in [-0.25, -0.2) is 0 Å². The highest BCUT2D eigenvalue weighted by Crippen LogP contribution is 2.30. The molecule has 4 N–H and O–H groups in total. The first-order valence-corrected chi connectivity index (χ1v) is 8.08. The molecule has 0 fully saturated rings. The Balaban J connectivity index is 2.80. The average molecular weight is 390 g/mol. The van der Waals surface area contributed by atoms with Crippen molar-refractivity contribution in [1.82, 2.24) is 5.32 Å². The molecule has 150 valence electrons. The van der Waals surface area contributed by atoms with Gasteiger partial charge in [-0.15, -0.1) is 0 Å². The number of nitrogens with two attached hydrogens (primary N) is 1. The second-order valence-electron chi connectivity index (χ2n) is 5.87. The topological polar surface area (TPSA) is 119 Å². The van der Waals surface area contributed by atoms with E-state index in [0.29, 0.717) is 0 Å². The Morgan fingerprint density at radius 2 is 1.78 bits per heavy atom. The zero-order chi connectivity index (χ0) is 20.8. The number of nitrogens with one attached hydrogen (secondary N) is 1. The van der Waals surface area contributed by atoms with Crippen LogP contribution in [0.4, 0.5) is 13.2 Å². The Labute approximate surface area is 153 Å². The molecule has 0 bridgehead atoms. The maximum Gasteiger partial charge on any atom is 0.416 e. The van der Waals surface area contributed by atoms with Crippen LogP contribution in [0.25, 0.3) is 0 Å². The van der Waals surface area contributed by atoms with E-state index in [1.807, 2.05) is 0 Å². The van der Waals surface area contributed by atoms with Gasteiger partial charge in [0.1, 0.15) is 6.04 Å². The largest absolute Gasteiger partial charge is 0.466 e. The molecule has 2 amide bonds. The summed E-state index contributed by atoms with van der Waals surface area (Å²) in [5, 5.41) is 12.2. The lowest BCUT2D eigenvalue weighted by molar-refractivity contribution is -0.148. The Kier molecular flexibility index (Phi) is 7.77. The fourth-order valence-corrected chi connectivity index (χ4v) is 2.24. The summed E-state index contributed by atoms with van der Waals surface area (Å²) in [6.45, 7) is 3.23. The van der Waals surface area contributed by atoms with Gasteiger partial charge in [-0.3, -0.25) is 14.4 Å². The minimum atomic E-state index is -4.55. The SMILES string of the molecule is CCOC(=O)[C@H](C)C[C@@H](NC(=O)[C@@H](O)c1ccc(C(F)(F)F)cc1)C(N)=O. The molecular formula is C17H21F3N2O5. The molecule has 0 unspecified atom stereocenters. The molecular weight excluding hydrogens is 369 g/mol. The van der Waals surface area contributed by atoms with E-state index in [9.17, 15) is 32.7 Å². The molecule has 0 radical (unpaired) electrons. The summed E-state index contributed by atoms with van der Waals surface area (Å²) in [6, 6.07) is 2.09. The monoisotopic (exact) mass is 390 g/mol. The first kappa shape index (κ1) is 22.4. The first-order chi connectivity index (χ1) is 12.5. The van der Waals surface area contributed by atoms with E-state index in [4.69, 9.17) is 10.5 Å². The summed E-state index contributed by atoms with van der Waals surface area (Å²) in [6.07, 6.45) is -6.52. The van der Waals surface area contributed by atoms with E-state index in [-0.39, 0.29) is 18.6 Å². The quantitative estimate of drug-likeness (QED) is 0.578. The molecule has 1 aromatic rings. The lowest BCUT2D eigenvalue weighted by atomic mass is 10.0. The summed E-state index contributed by atoms with van der Waals surface area (Å²) in [4.78, 5) is 35.3.